The lowest BCUT2D eigenvalue weighted by Gasteiger charge is -2.17. The lowest BCUT2D eigenvalue weighted by molar-refractivity contribution is 0.0740. The zero-order valence-corrected chi connectivity index (χ0v) is 12.6. The predicted molar refractivity (Wildman–Crippen MR) is 79.7 cm³/mol. The molecule has 0 unspecified atom stereocenters. The van der Waals surface area contributed by atoms with Gasteiger partial charge in [0, 0.05) is 20.7 Å². The molecule has 0 fully saturated rings. The average Bonchev–Trinajstić information content (AvgIpc) is 2.86. The topological polar surface area (TPSA) is 64.9 Å². The number of aromatic nitrogens is 4. The molecule has 2 heterocycles. The molecule has 0 saturated carbocycles. The van der Waals surface area contributed by atoms with Crippen molar-refractivity contribution in [3.05, 3.63) is 12.7 Å². The van der Waals surface area contributed by atoms with Crippen molar-refractivity contribution < 1.29 is 4.74 Å². The van der Waals surface area contributed by atoms with Crippen molar-refractivity contribution in [3.8, 4) is 0 Å². The predicted octanol–water partition coefficient (Wildman–Crippen LogP) is 2.32. The fourth-order valence-electron chi connectivity index (χ4n) is 2.37. The summed E-state index contributed by atoms with van der Waals surface area (Å²) in [5.41, 5.74) is 1.68. The van der Waals surface area contributed by atoms with Crippen LogP contribution >= 0.6 is 0 Å². The van der Waals surface area contributed by atoms with Crippen LogP contribution in [0.25, 0.3) is 11.2 Å². The van der Waals surface area contributed by atoms with Gasteiger partial charge < -0.3 is 14.6 Å². The van der Waals surface area contributed by atoms with Crippen LogP contribution in [-0.4, -0.2) is 39.8 Å². The first-order valence-corrected chi connectivity index (χ1v) is 7.02. The Morgan fingerprint density at radius 1 is 1.30 bits per heavy atom. The molecule has 1 atom stereocenters. The van der Waals surface area contributed by atoms with Crippen LogP contribution in [0.3, 0.4) is 0 Å². The molecule has 20 heavy (non-hydrogen) atoms. The quantitative estimate of drug-likeness (QED) is 0.841. The zero-order chi connectivity index (χ0) is 14.5. The maximum Gasteiger partial charge on any atom is 0.165 e. The number of nitrogens with zero attached hydrogens (tertiary/aromatic N) is 4. The molecule has 0 amide bonds. The first-order valence-electron chi connectivity index (χ1n) is 7.02. The summed E-state index contributed by atoms with van der Waals surface area (Å²) in [5.74, 6) is 1.40. The van der Waals surface area contributed by atoms with E-state index in [4.69, 9.17) is 4.74 Å². The monoisotopic (exact) mass is 277 g/mol. The minimum absolute atomic E-state index is 0.276. The van der Waals surface area contributed by atoms with Crippen LogP contribution in [0.5, 0.6) is 0 Å². The number of fused-ring (bicyclic) bond motifs is 1. The minimum Gasteiger partial charge on any atom is -0.381 e. The number of methoxy groups -OCH3 is 1. The van der Waals surface area contributed by atoms with Crippen LogP contribution in [0.2, 0.25) is 0 Å². The van der Waals surface area contributed by atoms with Gasteiger partial charge in [-0.15, -0.1) is 0 Å². The molecule has 0 aliphatic heterocycles. The van der Waals surface area contributed by atoms with E-state index in [1.54, 1.807) is 13.4 Å². The lowest BCUT2D eigenvalue weighted by atomic mass is 10.0. The highest BCUT2D eigenvalue weighted by Crippen LogP contribution is 2.18. The summed E-state index contributed by atoms with van der Waals surface area (Å²) >= 11 is 0. The van der Waals surface area contributed by atoms with E-state index in [-0.39, 0.29) is 6.10 Å². The van der Waals surface area contributed by atoms with E-state index in [9.17, 15) is 0 Å². The van der Waals surface area contributed by atoms with Gasteiger partial charge >= 0.3 is 0 Å². The van der Waals surface area contributed by atoms with Crippen molar-refractivity contribution >= 4 is 17.0 Å². The third kappa shape index (κ3) is 3.25. The normalized spacial score (nSPS) is 13.1. The van der Waals surface area contributed by atoms with Crippen LogP contribution in [0.4, 0.5) is 5.82 Å². The maximum absolute atomic E-state index is 5.54. The second kappa shape index (κ2) is 6.65. The Morgan fingerprint density at radius 2 is 2.10 bits per heavy atom. The molecular weight excluding hydrogens is 254 g/mol. The van der Waals surface area contributed by atoms with E-state index in [0.29, 0.717) is 5.92 Å². The Bertz CT molecular complexity index is 551. The van der Waals surface area contributed by atoms with Gasteiger partial charge in [0.15, 0.2) is 11.5 Å². The van der Waals surface area contributed by atoms with Gasteiger partial charge in [-0.25, -0.2) is 15.0 Å². The molecule has 0 aromatic carbocycles. The van der Waals surface area contributed by atoms with Crippen LogP contribution in [0, 0.1) is 5.92 Å². The van der Waals surface area contributed by atoms with E-state index in [1.165, 1.54) is 0 Å². The summed E-state index contributed by atoms with van der Waals surface area (Å²) in [6.07, 6.45) is 5.69. The van der Waals surface area contributed by atoms with Gasteiger partial charge in [0.1, 0.15) is 11.8 Å². The standard InChI is InChI=1S/C14H23N5O/c1-10(2)7-11(20-4)5-6-19-9-18-12-13(15-3)16-8-17-14(12)19/h8-11H,5-7H2,1-4H3,(H,15,16,17)/t11-/m0/s1. The summed E-state index contributed by atoms with van der Waals surface area (Å²) < 4.78 is 7.60. The number of imidazole rings is 1. The number of ether oxygens (including phenoxy) is 1. The van der Waals surface area contributed by atoms with Gasteiger partial charge in [0.25, 0.3) is 0 Å². The van der Waals surface area contributed by atoms with E-state index in [2.05, 4.69) is 38.7 Å². The number of hydrogen-bond donors (Lipinski definition) is 1. The highest BCUT2D eigenvalue weighted by atomic mass is 16.5. The van der Waals surface area contributed by atoms with Crippen LogP contribution in [-0.2, 0) is 11.3 Å². The molecule has 2 aromatic rings. The van der Waals surface area contributed by atoms with Crippen molar-refractivity contribution in [1.29, 1.82) is 0 Å². The molecular formula is C14H23N5O. The summed E-state index contributed by atoms with van der Waals surface area (Å²) in [7, 11) is 3.62. The number of hydrogen-bond acceptors (Lipinski definition) is 5. The number of aryl methyl sites for hydroxylation is 1. The van der Waals surface area contributed by atoms with E-state index in [1.807, 2.05) is 13.4 Å². The number of anilines is 1. The molecule has 0 aliphatic rings. The first-order chi connectivity index (χ1) is 9.65. The SMILES string of the molecule is CNc1ncnc2c1ncn2CC[C@@H](CC(C)C)OC. The second-order valence-corrected chi connectivity index (χ2v) is 5.36. The average molecular weight is 277 g/mol. The molecule has 1 N–H and O–H groups in total. The van der Waals surface area contributed by atoms with Crippen molar-refractivity contribution in [2.24, 2.45) is 5.92 Å². The number of rotatable bonds is 7. The van der Waals surface area contributed by atoms with E-state index < -0.39 is 0 Å². The molecule has 0 radical (unpaired) electrons. The van der Waals surface area contributed by atoms with Gasteiger partial charge in [-0.3, -0.25) is 0 Å². The van der Waals surface area contributed by atoms with Gasteiger partial charge in [0.2, 0.25) is 0 Å². The van der Waals surface area contributed by atoms with Gasteiger partial charge in [-0.2, -0.15) is 0 Å². The van der Waals surface area contributed by atoms with E-state index in [0.717, 1.165) is 36.4 Å². The Hall–Kier alpha value is -1.69. The van der Waals surface area contributed by atoms with Crippen LogP contribution in [0.1, 0.15) is 26.7 Å². The van der Waals surface area contributed by atoms with Crippen molar-refractivity contribution in [2.45, 2.75) is 39.3 Å². The third-order valence-electron chi connectivity index (χ3n) is 3.40. The van der Waals surface area contributed by atoms with Gasteiger partial charge in [-0.05, 0) is 18.8 Å². The Morgan fingerprint density at radius 3 is 2.75 bits per heavy atom. The zero-order valence-electron chi connectivity index (χ0n) is 12.6. The highest BCUT2D eigenvalue weighted by molar-refractivity contribution is 5.82. The van der Waals surface area contributed by atoms with Crippen LogP contribution in [0.15, 0.2) is 12.7 Å². The number of nitrogens with one attached hydrogen (secondary N) is 1. The molecule has 6 heteroatoms. The summed E-state index contributed by atoms with van der Waals surface area (Å²) in [5, 5.41) is 3.03. The molecule has 0 spiro atoms. The first kappa shape index (κ1) is 14.7. The lowest BCUT2D eigenvalue weighted by Crippen LogP contribution is -2.16. The third-order valence-corrected chi connectivity index (χ3v) is 3.40. The summed E-state index contributed by atoms with van der Waals surface area (Å²) in [6, 6.07) is 0. The molecule has 110 valence electrons. The smallest absolute Gasteiger partial charge is 0.165 e. The fraction of sp³-hybridized carbons (Fsp3) is 0.643. The molecule has 0 aliphatic carbocycles. The molecule has 0 bridgehead atoms. The Labute approximate surface area is 119 Å². The molecule has 0 saturated heterocycles. The largest absolute Gasteiger partial charge is 0.381 e. The van der Waals surface area contributed by atoms with Crippen molar-refractivity contribution in [3.63, 3.8) is 0 Å². The van der Waals surface area contributed by atoms with Gasteiger partial charge in [0.05, 0.1) is 12.4 Å². The Balaban J connectivity index is 2.10. The second-order valence-electron chi connectivity index (χ2n) is 5.36. The summed E-state index contributed by atoms with van der Waals surface area (Å²) in [4.78, 5) is 12.9. The maximum atomic E-state index is 5.54. The molecule has 2 aromatic heterocycles. The van der Waals surface area contributed by atoms with Crippen molar-refractivity contribution in [1.82, 2.24) is 19.5 Å². The van der Waals surface area contributed by atoms with E-state index >= 15 is 0 Å². The minimum atomic E-state index is 0.276. The molecule has 6 nitrogen and oxygen atoms in total. The Kier molecular flexibility index (Phi) is 4.89. The van der Waals surface area contributed by atoms with Crippen molar-refractivity contribution in [2.75, 3.05) is 19.5 Å². The van der Waals surface area contributed by atoms with Gasteiger partial charge in [-0.1, -0.05) is 13.8 Å². The fourth-order valence-corrected chi connectivity index (χ4v) is 2.37. The summed E-state index contributed by atoms with van der Waals surface area (Å²) in [6.45, 7) is 5.28. The van der Waals surface area contributed by atoms with Crippen LogP contribution < -0.4 is 5.32 Å². The molecule has 2 rings (SSSR count). The highest BCUT2D eigenvalue weighted by Gasteiger charge is 2.13.